The summed E-state index contributed by atoms with van der Waals surface area (Å²) in [5.74, 6) is 0.298. The predicted molar refractivity (Wildman–Crippen MR) is 103 cm³/mol. The van der Waals surface area contributed by atoms with Gasteiger partial charge in [0.25, 0.3) is 0 Å². The van der Waals surface area contributed by atoms with Crippen LogP contribution in [0.25, 0.3) is 11.0 Å². The lowest BCUT2D eigenvalue weighted by Crippen LogP contribution is -2.38. The van der Waals surface area contributed by atoms with Crippen LogP contribution in [-0.2, 0) is 17.1 Å². The Morgan fingerprint density at radius 1 is 1.11 bits per heavy atom. The monoisotopic (exact) mass is 405 g/mol. The third-order valence-electron chi connectivity index (χ3n) is 5.20. The van der Waals surface area contributed by atoms with E-state index in [-0.39, 0.29) is 10.0 Å². The molecule has 0 radical (unpaired) electrons. The maximum Gasteiger partial charge on any atom is 0.247 e. The number of hydrogen-bond acceptors (Lipinski definition) is 5. The van der Waals surface area contributed by atoms with Crippen LogP contribution in [0.15, 0.2) is 35.6 Å². The average molecular weight is 406 g/mol. The highest BCUT2D eigenvalue weighted by Gasteiger charge is 2.33. The first-order valence-corrected chi connectivity index (χ1v) is 10.6. The summed E-state index contributed by atoms with van der Waals surface area (Å²) in [7, 11) is -2.00. The fourth-order valence-corrected chi connectivity index (χ4v) is 5.57. The van der Waals surface area contributed by atoms with Crippen LogP contribution in [-0.4, -0.2) is 45.6 Å². The normalized spacial score (nSPS) is 16.9. The highest BCUT2D eigenvalue weighted by Crippen LogP contribution is 2.34. The smallest absolute Gasteiger partial charge is 0.247 e. The Morgan fingerprint density at radius 2 is 1.74 bits per heavy atom. The summed E-state index contributed by atoms with van der Waals surface area (Å²) < 4.78 is 28.6. The van der Waals surface area contributed by atoms with Crippen molar-refractivity contribution in [1.82, 2.24) is 24.1 Å². The first-order valence-electron chi connectivity index (χ1n) is 8.77. The summed E-state index contributed by atoms with van der Waals surface area (Å²) in [6.45, 7) is 2.98. The van der Waals surface area contributed by atoms with Gasteiger partial charge < -0.3 is 0 Å². The second kappa shape index (κ2) is 6.85. The molecule has 0 bridgehead atoms. The Labute approximate surface area is 163 Å². The standard InChI is InChI=1S/C18H20ClN5O2S/c1-12-9-15-16(21-6-5-20-15)10-14(12)13-3-7-24(8-4-13)27(25,26)17-11-22-23(2)18(17)19/h5-6,9-11,13H,3-4,7-8H2,1-2H3. The zero-order valence-electron chi connectivity index (χ0n) is 15.1. The summed E-state index contributed by atoms with van der Waals surface area (Å²) in [6.07, 6.45) is 6.20. The molecule has 7 nitrogen and oxygen atoms in total. The van der Waals surface area contributed by atoms with Crippen molar-refractivity contribution in [2.75, 3.05) is 13.1 Å². The Kier molecular flexibility index (Phi) is 4.65. The van der Waals surface area contributed by atoms with Gasteiger partial charge in [-0.1, -0.05) is 11.6 Å². The first kappa shape index (κ1) is 18.3. The molecule has 1 fully saturated rings. The van der Waals surface area contributed by atoms with Crippen molar-refractivity contribution in [3.63, 3.8) is 0 Å². The maximum atomic E-state index is 12.9. The van der Waals surface area contributed by atoms with Crippen molar-refractivity contribution >= 4 is 32.7 Å². The van der Waals surface area contributed by atoms with Crippen molar-refractivity contribution in [1.29, 1.82) is 0 Å². The number of fused-ring (bicyclic) bond motifs is 1. The fourth-order valence-electron chi connectivity index (χ4n) is 3.69. The number of aromatic nitrogens is 4. The molecule has 4 rings (SSSR count). The molecular weight excluding hydrogens is 386 g/mol. The Hall–Kier alpha value is -2.03. The molecule has 2 aromatic heterocycles. The van der Waals surface area contributed by atoms with E-state index in [0.717, 1.165) is 23.9 Å². The van der Waals surface area contributed by atoms with Gasteiger partial charge in [0.1, 0.15) is 10.0 Å². The van der Waals surface area contributed by atoms with E-state index in [9.17, 15) is 8.42 Å². The largest absolute Gasteiger partial charge is 0.256 e. The molecule has 0 atom stereocenters. The Balaban J connectivity index is 1.56. The van der Waals surface area contributed by atoms with Crippen LogP contribution in [0.2, 0.25) is 5.15 Å². The van der Waals surface area contributed by atoms with Crippen molar-refractivity contribution in [2.24, 2.45) is 7.05 Å². The second-order valence-electron chi connectivity index (χ2n) is 6.86. The molecule has 0 saturated carbocycles. The molecule has 3 aromatic rings. The van der Waals surface area contributed by atoms with Gasteiger partial charge in [-0.05, 0) is 48.9 Å². The minimum atomic E-state index is -3.63. The lowest BCUT2D eigenvalue weighted by molar-refractivity contribution is 0.319. The minimum Gasteiger partial charge on any atom is -0.256 e. The van der Waals surface area contributed by atoms with E-state index in [0.29, 0.717) is 19.0 Å². The van der Waals surface area contributed by atoms with E-state index in [1.807, 2.05) is 0 Å². The highest BCUT2D eigenvalue weighted by molar-refractivity contribution is 7.89. The second-order valence-corrected chi connectivity index (χ2v) is 9.12. The van der Waals surface area contributed by atoms with Crippen LogP contribution in [0.1, 0.15) is 29.9 Å². The summed E-state index contributed by atoms with van der Waals surface area (Å²) in [6, 6.07) is 4.14. The lowest BCUT2D eigenvalue weighted by Gasteiger charge is -2.32. The zero-order chi connectivity index (χ0) is 19.2. The van der Waals surface area contributed by atoms with E-state index >= 15 is 0 Å². The molecule has 0 amide bonds. The molecule has 1 aliphatic heterocycles. The molecule has 3 heterocycles. The van der Waals surface area contributed by atoms with Crippen LogP contribution < -0.4 is 0 Å². The van der Waals surface area contributed by atoms with Gasteiger partial charge in [0, 0.05) is 32.5 Å². The molecule has 0 spiro atoms. The van der Waals surface area contributed by atoms with Crippen LogP contribution in [0.4, 0.5) is 0 Å². The lowest BCUT2D eigenvalue weighted by atomic mass is 9.87. The van der Waals surface area contributed by atoms with Crippen molar-refractivity contribution in [3.05, 3.63) is 47.0 Å². The van der Waals surface area contributed by atoms with Crippen LogP contribution in [0.5, 0.6) is 0 Å². The van der Waals surface area contributed by atoms with Gasteiger partial charge in [-0.3, -0.25) is 14.6 Å². The van der Waals surface area contributed by atoms with Gasteiger partial charge in [-0.25, -0.2) is 8.42 Å². The van der Waals surface area contributed by atoms with E-state index in [1.54, 1.807) is 19.4 Å². The topological polar surface area (TPSA) is 81.0 Å². The number of hydrogen-bond donors (Lipinski definition) is 0. The van der Waals surface area contributed by atoms with E-state index in [2.05, 4.69) is 34.1 Å². The van der Waals surface area contributed by atoms with Gasteiger partial charge in [-0.15, -0.1) is 0 Å². The van der Waals surface area contributed by atoms with Crippen molar-refractivity contribution in [3.8, 4) is 0 Å². The van der Waals surface area contributed by atoms with Crippen LogP contribution in [0.3, 0.4) is 0 Å². The first-order chi connectivity index (χ1) is 12.9. The molecule has 9 heteroatoms. The van der Waals surface area contributed by atoms with Gasteiger partial charge in [0.2, 0.25) is 10.0 Å². The Bertz CT molecular complexity index is 1100. The summed E-state index contributed by atoms with van der Waals surface area (Å²) in [5, 5.41) is 4.09. The summed E-state index contributed by atoms with van der Waals surface area (Å²) >= 11 is 6.10. The van der Waals surface area contributed by atoms with Gasteiger partial charge in [-0.2, -0.15) is 9.40 Å². The summed E-state index contributed by atoms with van der Waals surface area (Å²) in [4.78, 5) is 8.81. The molecule has 0 aliphatic carbocycles. The van der Waals surface area contributed by atoms with Gasteiger partial charge >= 0.3 is 0 Å². The van der Waals surface area contributed by atoms with E-state index < -0.39 is 10.0 Å². The third-order valence-corrected chi connectivity index (χ3v) is 7.66. The number of piperidine rings is 1. The number of nitrogens with zero attached hydrogens (tertiary/aromatic N) is 5. The number of halogens is 1. The average Bonchev–Trinajstić information content (AvgIpc) is 3.01. The number of rotatable bonds is 3. The molecule has 0 N–H and O–H groups in total. The van der Waals surface area contributed by atoms with Crippen LogP contribution in [0, 0.1) is 6.92 Å². The number of benzene rings is 1. The molecule has 27 heavy (non-hydrogen) atoms. The van der Waals surface area contributed by atoms with Crippen molar-refractivity contribution in [2.45, 2.75) is 30.6 Å². The van der Waals surface area contributed by atoms with Crippen LogP contribution >= 0.6 is 11.6 Å². The molecule has 0 unspecified atom stereocenters. The fraction of sp³-hybridized carbons (Fsp3) is 0.389. The zero-order valence-corrected chi connectivity index (χ0v) is 16.7. The van der Waals surface area contributed by atoms with E-state index in [1.165, 1.54) is 26.3 Å². The quantitative estimate of drug-likeness (QED) is 0.669. The SMILES string of the molecule is Cc1cc2nccnc2cc1C1CCN(S(=O)(=O)c2cnn(C)c2Cl)CC1. The molecule has 142 valence electrons. The Morgan fingerprint density at radius 3 is 2.33 bits per heavy atom. The number of aryl methyl sites for hydroxylation is 2. The third kappa shape index (κ3) is 3.22. The summed E-state index contributed by atoms with van der Waals surface area (Å²) in [5.41, 5.74) is 4.14. The molecular formula is C18H20ClN5O2S. The van der Waals surface area contributed by atoms with Gasteiger partial charge in [0.15, 0.2) is 0 Å². The molecule has 1 saturated heterocycles. The van der Waals surface area contributed by atoms with Crippen molar-refractivity contribution < 1.29 is 8.42 Å². The number of sulfonamides is 1. The minimum absolute atomic E-state index is 0.0716. The highest BCUT2D eigenvalue weighted by atomic mass is 35.5. The maximum absolute atomic E-state index is 12.9. The van der Waals surface area contributed by atoms with E-state index in [4.69, 9.17) is 11.6 Å². The van der Waals surface area contributed by atoms with Gasteiger partial charge in [0.05, 0.1) is 17.2 Å². The molecule has 1 aliphatic rings. The predicted octanol–water partition coefficient (Wildman–Crippen LogP) is 2.89. The molecule has 1 aromatic carbocycles.